The van der Waals surface area contributed by atoms with E-state index in [0.29, 0.717) is 5.92 Å². The van der Waals surface area contributed by atoms with Crippen molar-refractivity contribution in [2.24, 2.45) is 11.8 Å². The van der Waals surface area contributed by atoms with Gasteiger partial charge in [-0.15, -0.1) is 0 Å². The summed E-state index contributed by atoms with van der Waals surface area (Å²) in [6.45, 7) is 17.7. The minimum absolute atomic E-state index is 0.0392. The van der Waals surface area contributed by atoms with Gasteiger partial charge in [0.1, 0.15) is 0 Å². The summed E-state index contributed by atoms with van der Waals surface area (Å²) >= 11 is 0. The first kappa shape index (κ1) is 21.8. The molecule has 0 heterocycles. The van der Waals surface area contributed by atoms with E-state index < -0.39 is 8.32 Å². The Morgan fingerprint density at radius 1 is 1.14 bits per heavy atom. The predicted octanol–water partition coefficient (Wildman–Crippen LogP) is 4.62. The summed E-state index contributed by atoms with van der Waals surface area (Å²) in [6.07, 6.45) is 5.50. The van der Waals surface area contributed by atoms with E-state index >= 15 is 0 Å². The Morgan fingerprint density at radius 3 is 2.05 bits per heavy atom. The van der Waals surface area contributed by atoms with Gasteiger partial charge in [-0.1, -0.05) is 53.7 Å². The van der Waals surface area contributed by atoms with Crippen LogP contribution in [0.15, 0.2) is 12.2 Å². The lowest BCUT2D eigenvalue weighted by molar-refractivity contribution is 0.0702. The molecular formula is C18H38O3Si. The average Bonchev–Trinajstić information content (AvgIpc) is 2.42. The lowest BCUT2D eigenvalue weighted by Gasteiger charge is -2.40. The number of rotatable bonds is 9. The number of aliphatic hydroxyl groups is 1. The monoisotopic (exact) mass is 330 g/mol. The molecule has 0 aromatic carbocycles. The van der Waals surface area contributed by atoms with E-state index in [1.54, 1.807) is 7.11 Å². The summed E-state index contributed by atoms with van der Waals surface area (Å²) in [4.78, 5) is 0. The Labute approximate surface area is 139 Å². The number of hydrogen-bond acceptors (Lipinski definition) is 3. The predicted molar refractivity (Wildman–Crippen MR) is 97.7 cm³/mol. The summed E-state index contributed by atoms with van der Waals surface area (Å²) in [7, 11) is -0.0941. The van der Waals surface area contributed by atoms with Crippen LogP contribution in [0, 0.1) is 11.8 Å². The van der Waals surface area contributed by atoms with Gasteiger partial charge < -0.3 is 14.3 Å². The summed E-state index contributed by atoms with van der Waals surface area (Å²) in [5, 5.41) is 9.71. The Morgan fingerprint density at radius 2 is 1.68 bits per heavy atom. The average molecular weight is 331 g/mol. The minimum Gasteiger partial charge on any atom is -0.410 e. The number of ether oxygens (including phenoxy) is 1. The van der Waals surface area contributed by atoms with Gasteiger partial charge in [0.05, 0.1) is 12.2 Å². The molecule has 0 unspecified atom stereocenters. The van der Waals surface area contributed by atoms with Gasteiger partial charge in [0.15, 0.2) is 8.32 Å². The third kappa shape index (κ3) is 6.53. The smallest absolute Gasteiger partial charge is 0.192 e. The van der Waals surface area contributed by atoms with Gasteiger partial charge >= 0.3 is 0 Å². The Kier molecular flexibility index (Phi) is 9.14. The molecule has 1 N–H and O–H groups in total. The van der Waals surface area contributed by atoms with Gasteiger partial charge in [0.2, 0.25) is 0 Å². The Balaban J connectivity index is 5.09. The molecule has 0 spiro atoms. The number of methoxy groups -OCH3 is 1. The maximum absolute atomic E-state index is 9.55. The fourth-order valence-corrected chi connectivity index (χ4v) is 3.47. The molecule has 0 bridgehead atoms. The zero-order valence-corrected chi connectivity index (χ0v) is 17.1. The zero-order valence-electron chi connectivity index (χ0n) is 16.1. The summed E-state index contributed by atoms with van der Waals surface area (Å²) in [5.74, 6) is 0.437. The van der Waals surface area contributed by atoms with Gasteiger partial charge in [-0.3, -0.25) is 0 Å². The minimum atomic E-state index is -1.86. The van der Waals surface area contributed by atoms with E-state index in [-0.39, 0.29) is 29.8 Å². The molecule has 4 atom stereocenters. The van der Waals surface area contributed by atoms with E-state index in [1.165, 1.54) is 0 Å². The van der Waals surface area contributed by atoms with E-state index in [4.69, 9.17) is 9.16 Å². The van der Waals surface area contributed by atoms with Crippen molar-refractivity contribution in [1.82, 2.24) is 0 Å². The molecule has 0 amide bonds. The Bertz CT molecular complexity index is 330. The molecule has 132 valence electrons. The van der Waals surface area contributed by atoms with E-state index in [9.17, 15) is 5.11 Å². The second-order valence-electron chi connectivity index (χ2n) is 7.93. The van der Waals surface area contributed by atoms with Crippen molar-refractivity contribution in [2.75, 3.05) is 13.7 Å². The summed E-state index contributed by atoms with van der Waals surface area (Å²) in [5.41, 5.74) is 0. The molecule has 0 aliphatic heterocycles. The fraction of sp³-hybridized carbons (Fsp3) is 0.889. The molecule has 4 heteroatoms. The van der Waals surface area contributed by atoms with Crippen molar-refractivity contribution in [3.63, 3.8) is 0 Å². The van der Waals surface area contributed by atoms with Crippen LogP contribution in [0.25, 0.3) is 0 Å². The Hall–Kier alpha value is -0.163. The van der Waals surface area contributed by atoms with E-state index in [0.717, 1.165) is 6.42 Å². The first-order valence-electron chi connectivity index (χ1n) is 8.49. The van der Waals surface area contributed by atoms with Crippen molar-refractivity contribution in [1.29, 1.82) is 0 Å². The van der Waals surface area contributed by atoms with Crippen molar-refractivity contribution >= 4 is 8.32 Å². The molecule has 0 aromatic rings. The molecule has 0 saturated carbocycles. The lowest BCUT2D eigenvalue weighted by Crippen LogP contribution is -2.45. The van der Waals surface area contributed by atoms with E-state index in [2.05, 4.69) is 59.9 Å². The SMILES string of the molecule is CC[C@H](OC)[C@@H](C)/C=C/[C@H](O[Si](C)(C)C(C)(C)C)[C@@H](C)CO. The molecule has 3 nitrogen and oxygen atoms in total. The van der Waals surface area contributed by atoms with Crippen molar-refractivity contribution < 1.29 is 14.3 Å². The topological polar surface area (TPSA) is 38.7 Å². The maximum atomic E-state index is 9.55. The van der Waals surface area contributed by atoms with E-state index in [1.807, 2.05) is 6.92 Å². The molecule has 0 aliphatic rings. The molecule has 0 aliphatic carbocycles. The molecular weight excluding hydrogens is 292 g/mol. The number of aliphatic hydroxyl groups excluding tert-OH is 1. The molecule has 0 fully saturated rings. The highest BCUT2D eigenvalue weighted by Gasteiger charge is 2.39. The standard InChI is InChI=1S/C18H38O3Si/c1-10-16(20-7)14(2)11-12-17(15(3)13-19)21-22(8,9)18(4,5)6/h11-12,14-17,19H,10,13H2,1-9H3/b12-11+/t14-,15-,16-,17-/m0/s1. The van der Waals surface area contributed by atoms with Crippen LogP contribution < -0.4 is 0 Å². The van der Waals surface area contributed by atoms with Gasteiger partial charge in [0.25, 0.3) is 0 Å². The zero-order chi connectivity index (χ0) is 17.6. The van der Waals surface area contributed by atoms with Gasteiger partial charge in [-0.2, -0.15) is 0 Å². The highest BCUT2D eigenvalue weighted by Crippen LogP contribution is 2.38. The van der Waals surface area contributed by atoms with Crippen LogP contribution in [-0.4, -0.2) is 39.3 Å². The molecule has 0 rings (SSSR count). The summed E-state index contributed by atoms with van der Waals surface area (Å²) in [6, 6.07) is 0. The van der Waals surface area contributed by atoms with Crippen LogP contribution in [0.1, 0.15) is 48.0 Å². The van der Waals surface area contributed by atoms with Crippen LogP contribution in [0.2, 0.25) is 18.1 Å². The number of hydrogen-bond donors (Lipinski definition) is 1. The molecule has 22 heavy (non-hydrogen) atoms. The third-order valence-corrected chi connectivity index (χ3v) is 9.46. The quantitative estimate of drug-likeness (QED) is 0.495. The first-order valence-corrected chi connectivity index (χ1v) is 11.4. The van der Waals surface area contributed by atoms with Crippen molar-refractivity contribution in [3.05, 3.63) is 12.2 Å². The fourth-order valence-electron chi connectivity index (χ4n) is 2.13. The van der Waals surface area contributed by atoms with Crippen LogP contribution in [-0.2, 0) is 9.16 Å². The van der Waals surface area contributed by atoms with Crippen LogP contribution >= 0.6 is 0 Å². The van der Waals surface area contributed by atoms with Crippen molar-refractivity contribution in [3.8, 4) is 0 Å². The van der Waals surface area contributed by atoms with Crippen molar-refractivity contribution in [2.45, 2.75) is 78.3 Å². The first-order chi connectivity index (χ1) is 10.00. The normalized spacial score (nSPS) is 19.2. The second-order valence-corrected chi connectivity index (χ2v) is 12.7. The van der Waals surface area contributed by atoms with Gasteiger partial charge in [-0.05, 0) is 24.6 Å². The van der Waals surface area contributed by atoms with Gasteiger partial charge in [0, 0.05) is 25.6 Å². The van der Waals surface area contributed by atoms with Crippen LogP contribution in [0.5, 0.6) is 0 Å². The molecule has 0 saturated heterocycles. The highest BCUT2D eigenvalue weighted by molar-refractivity contribution is 6.74. The highest BCUT2D eigenvalue weighted by atomic mass is 28.4. The molecule has 0 aromatic heterocycles. The maximum Gasteiger partial charge on any atom is 0.192 e. The van der Waals surface area contributed by atoms with Crippen LogP contribution in [0.4, 0.5) is 0 Å². The second kappa shape index (κ2) is 9.21. The van der Waals surface area contributed by atoms with Gasteiger partial charge in [-0.25, -0.2) is 0 Å². The van der Waals surface area contributed by atoms with Crippen LogP contribution in [0.3, 0.4) is 0 Å². The largest absolute Gasteiger partial charge is 0.410 e. The molecule has 0 radical (unpaired) electrons. The lowest BCUT2D eigenvalue weighted by atomic mass is 9.99. The third-order valence-electron chi connectivity index (χ3n) is 4.98. The summed E-state index contributed by atoms with van der Waals surface area (Å²) < 4.78 is 12.0.